The number of pyridine rings is 1. The summed E-state index contributed by atoms with van der Waals surface area (Å²) in [7, 11) is 1.22. The molecule has 1 aromatic carbocycles. The van der Waals surface area contributed by atoms with Crippen LogP contribution in [0, 0.1) is 11.6 Å². The molecular formula is C16H13ClF2N2O3. The minimum absolute atomic E-state index is 0.155. The third kappa shape index (κ3) is 4.05. The fraction of sp³-hybridized carbons (Fsp3) is 0.188. The molecule has 0 bridgehead atoms. The van der Waals surface area contributed by atoms with E-state index in [2.05, 4.69) is 15.0 Å². The normalized spacial score (nSPS) is 10.3. The van der Waals surface area contributed by atoms with Crippen molar-refractivity contribution in [2.24, 2.45) is 0 Å². The highest BCUT2D eigenvalue weighted by Gasteiger charge is 2.17. The number of ketones is 1. The van der Waals surface area contributed by atoms with Gasteiger partial charge < -0.3 is 10.1 Å². The Kier molecular flexibility index (Phi) is 5.81. The molecule has 1 heterocycles. The van der Waals surface area contributed by atoms with Crippen molar-refractivity contribution < 1.29 is 23.1 Å². The standard InChI is InChI=1S/C16H13ClF2N2O3/c1-24-16(23)10-3-2-6-20-15(10)21-8-9(22)7-11-12(18)4-5-13(19)14(11)17/h2-6H,7-8H2,1H3,(H,20,21). The minimum atomic E-state index is -0.800. The number of hydrogen-bond donors (Lipinski definition) is 1. The lowest BCUT2D eigenvalue weighted by molar-refractivity contribution is -0.116. The molecule has 0 saturated carbocycles. The minimum Gasteiger partial charge on any atom is -0.465 e. The van der Waals surface area contributed by atoms with E-state index in [9.17, 15) is 18.4 Å². The van der Waals surface area contributed by atoms with Gasteiger partial charge in [-0.3, -0.25) is 4.79 Å². The monoisotopic (exact) mass is 354 g/mol. The summed E-state index contributed by atoms with van der Waals surface area (Å²) in [6, 6.07) is 4.82. The zero-order valence-electron chi connectivity index (χ0n) is 12.6. The second-order valence-electron chi connectivity index (χ2n) is 4.78. The fourth-order valence-corrected chi connectivity index (χ4v) is 2.21. The first-order valence-corrected chi connectivity index (χ1v) is 7.23. The summed E-state index contributed by atoms with van der Waals surface area (Å²) < 4.78 is 31.6. The molecule has 0 aliphatic carbocycles. The second-order valence-corrected chi connectivity index (χ2v) is 5.16. The summed E-state index contributed by atoms with van der Waals surface area (Å²) in [6.45, 7) is -0.243. The van der Waals surface area contributed by atoms with Crippen molar-refractivity contribution in [3.05, 3.63) is 58.2 Å². The number of anilines is 1. The maximum atomic E-state index is 13.7. The van der Waals surface area contributed by atoms with E-state index in [4.69, 9.17) is 11.6 Å². The first-order valence-electron chi connectivity index (χ1n) is 6.85. The molecule has 0 aliphatic heterocycles. The van der Waals surface area contributed by atoms with Gasteiger partial charge in [-0.05, 0) is 24.3 Å². The molecule has 5 nitrogen and oxygen atoms in total. The highest BCUT2D eigenvalue weighted by Crippen LogP contribution is 2.23. The van der Waals surface area contributed by atoms with Crippen LogP contribution in [-0.4, -0.2) is 30.4 Å². The molecule has 0 saturated heterocycles. The van der Waals surface area contributed by atoms with Crippen molar-refractivity contribution in [2.75, 3.05) is 19.0 Å². The topological polar surface area (TPSA) is 68.3 Å². The molecule has 0 amide bonds. The summed E-state index contributed by atoms with van der Waals surface area (Å²) in [5.74, 6) is -2.47. The fourth-order valence-electron chi connectivity index (χ4n) is 1.99. The molecule has 2 aromatic rings. The molecule has 1 N–H and O–H groups in total. The first-order chi connectivity index (χ1) is 11.4. The SMILES string of the molecule is COC(=O)c1cccnc1NCC(=O)Cc1c(F)ccc(F)c1Cl. The van der Waals surface area contributed by atoms with Gasteiger partial charge in [-0.25, -0.2) is 18.6 Å². The van der Waals surface area contributed by atoms with Crippen molar-refractivity contribution in [3.63, 3.8) is 0 Å². The van der Waals surface area contributed by atoms with Gasteiger partial charge in [-0.1, -0.05) is 11.6 Å². The Bertz CT molecular complexity index is 784. The summed E-state index contributed by atoms with van der Waals surface area (Å²) in [5, 5.41) is 2.26. The van der Waals surface area contributed by atoms with Crippen LogP contribution in [0.3, 0.4) is 0 Å². The Morgan fingerprint density at radius 3 is 2.67 bits per heavy atom. The zero-order valence-corrected chi connectivity index (χ0v) is 13.4. The predicted molar refractivity (Wildman–Crippen MR) is 84.1 cm³/mol. The average molecular weight is 355 g/mol. The smallest absolute Gasteiger partial charge is 0.341 e. The van der Waals surface area contributed by atoms with E-state index in [0.29, 0.717) is 0 Å². The molecule has 0 unspecified atom stereocenters. The van der Waals surface area contributed by atoms with Gasteiger partial charge in [0.25, 0.3) is 0 Å². The second kappa shape index (κ2) is 7.83. The van der Waals surface area contributed by atoms with Crippen LogP contribution in [0.2, 0.25) is 5.02 Å². The van der Waals surface area contributed by atoms with Crippen molar-refractivity contribution in [1.29, 1.82) is 0 Å². The Hall–Kier alpha value is -2.54. The van der Waals surface area contributed by atoms with Gasteiger partial charge in [0.1, 0.15) is 23.0 Å². The molecule has 0 atom stereocenters. The van der Waals surface area contributed by atoms with Gasteiger partial charge in [0.15, 0.2) is 5.78 Å². The van der Waals surface area contributed by atoms with Gasteiger partial charge in [0, 0.05) is 18.2 Å². The number of carbonyl (C=O) groups is 2. The van der Waals surface area contributed by atoms with E-state index in [1.165, 1.54) is 19.4 Å². The van der Waals surface area contributed by atoms with Gasteiger partial charge in [-0.15, -0.1) is 0 Å². The Balaban J connectivity index is 2.08. The summed E-state index contributed by atoms with van der Waals surface area (Å²) in [4.78, 5) is 27.6. The van der Waals surface area contributed by atoms with Crippen LogP contribution >= 0.6 is 11.6 Å². The van der Waals surface area contributed by atoms with E-state index >= 15 is 0 Å². The van der Waals surface area contributed by atoms with Crippen LogP contribution < -0.4 is 5.32 Å². The lowest BCUT2D eigenvalue weighted by Gasteiger charge is -2.10. The van der Waals surface area contributed by atoms with E-state index < -0.39 is 34.8 Å². The van der Waals surface area contributed by atoms with Gasteiger partial charge in [0.2, 0.25) is 0 Å². The van der Waals surface area contributed by atoms with Crippen LogP contribution in [0.5, 0.6) is 0 Å². The number of nitrogens with zero attached hydrogens (tertiary/aromatic N) is 1. The average Bonchev–Trinajstić information content (AvgIpc) is 2.59. The highest BCUT2D eigenvalue weighted by molar-refractivity contribution is 6.31. The Morgan fingerprint density at radius 2 is 1.96 bits per heavy atom. The molecule has 0 fully saturated rings. The van der Waals surface area contributed by atoms with Crippen LogP contribution in [0.15, 0.2) is 30.5 Å². The number of hydrogen-bond acceptors (Lipinski definition) is 5. The molecule has 0 aliphatic rings. The maximum Gasteiger partial charge on any atom is 0.341 e. The number of rotatable bonds is 6. The van der Waals surface area contributed by atoms with Gasteiger partial charge in [-0.2, -0.15) is 0 Å². The number of ether oxygens (including phenoxy) is 1. The molecule has 1 aromatic heterocycles. The summed E-state index contributed by atoms with van der Waals surface area (Å²) in [6.07, 6.45) is 1.04. The summed E-state index contributed by atoms with van der Waals surface area (Å²) >= 11 is 5.68. The highest BCUT2D eigenvalue weighted by atomic mass is 35.5. The molecular weight excluding hydrogens is 342 g/mol. The molecule has 24 heavy (non-hydrogen) atoms. The number of methoxy groups -OCH3 is 1. The summed E-state index contributed by atoms with van der Waals surface area (Å²) in [5.41, 5.74) is -0.0551. The van der Waals surface area contributed by atoms with Crippen LogP contribution in [0.1, 0.15) is 15.9 Å². The molecule has 8 heteroatoms. The van der Waals surface area contributed by atoms with Crippen molar-refractivity contribution >= 4 is 29.2 Å². The van der Waals surface area contributed by atoms with Crippen LogP contribution in [0.25, 0.3) is 0 Å². The maximum absolute atomic E-state index is 13.7. The van der Waals surface area contributed by atoms with Crippen LogP contribution in [0.4, 0.5) is 14.6 Å². The van der Waals surface area contributed by atoms with Gasteiger partial charge in [0.05, 0.1) is 18.7 Å². The van der Waals surface area contributed by atoms with E-state index in [0.717, 1.165) is 12.1 Å². The van der Waals surface area contributed by atoms with E-state index in [1.54, 1.807) is 6.07 Å². The third-order valence-corrected chi connectivity index (χ3v) is 3.59. The molecule has 0 radical (unpaired) electrons. The zero-order chi connectivity index (χ0) is 17.7. The first kappa shape index (κ1) is 17.8. The van der Waals surface area contributed by atoms with E-state index in [1.807, 2.05) is 0 Å². The number of aromatic nitrogens is 1. The van der Waals surface area contributed by atoms with Crippen molar-refractivity contribution in [3.8, 4) is 0 Å². The number of nitrogens with one attached hydrogen (secondary N) is 1. The Labute approximate surface area is 141 Å². The lowest BCUT2D eigenvalue weighted by Crippen LogP contribution is -2.19. The number of halogens is 3. The number of Topliss-reactive ketones (excluding diaryl/α,β-unsaturated/α-hetero) is 1. The van der Waals surface area contributed by atoms with Gasteiger partial charge >= 0.3 is 5.97 Å². The number of carbonyl (C=O) groups excluding carboxylic acids is 2. The number of benzene rings is 1. The quantitative estimate of drug-likeness (QED) is 0.638. The molecule has 0 spiro atoms. The van der Waals surface area contributed by atoms with E-state index in [-0.39, 0.29) is 23.5 Å². The van der Waals surface area contributed by atoms with Crippen molar-refractivity contribution in [1.82, 2.24) is 4.98 Å². The third-order valence-electron chi connectivity index (χ3n) is 3.18. The lowest BCUT2D eigenvalue weighted by atomic mass is 10.1. The molecule has 2 rings (SSSR count). The van der Waals surface area contributed by atoms with Crippen LogP contribution in [-0.2, 0) is 16.0 Å². The number of esters is 1. The molecule has 126 valence electrons. The Morgan fingerprint density at radius 1 is 1.25 bits per heavy atom. The largest absolute Gasteiger partial charge is 0.465 e. The predicted octanol–water partition coefficient (Wildman–Crippen LogP) is 3.02. The van der Waals surface area contributed by atoms with Crippen molar-refractivity contribution in [2.45, 2.75) is 6.42 Å².